The molecule has 0 amide bonds. The molecule has 1 aromatic rings. The lowest BCUT2D eigenvalue weighted by Crippen LogP contribution is -2.38. The molecule has 1 aliphatic rings. The molecule has 0 bridgehead atoms. The normalized spacial score (nSPS) is 17.8. The van der Waals surface area contributed by atoms with Gasteiger partial charge in [0.1, 0.15) is 5.84 Å². The topological polar surface area (TPSA) is 49.9 Å². The fourth-order valence-electron chi connectivity index (χ4n) is 2.63. The summed E-state index contributed by atoms with van der Waals surface area (Å²) in [6, 6.07) is 8.44. The van der Waals surface area contributed by atoms with E-state index in [2.05, 4.69) is 31.2 Å². The molecule has 0 radical (unpaired) electrons. The smallest absolute Gasteiger partial charge is 0.101 e. The third-order valence-corrected chi connectivity index (χ3v) is 3.54. The Morgan fingerprint density at radius 1 is 1.31 bits per heavy atom. The van der Waals surface area contributed by atoms with E-state index < -0.39 is 0 Å². The van der Waals surface area contributed by atoms with Crippen LogP contribution < -0.4 is 5.73 Å². The molecule has 0 saturated heterocycles. The fraction of sp³-hybridized carbons (Fsp3) is 0.462. The number of aryl methyl sites for hydroxylation is 1. The summed E-state index contributed by atoms with van der Waals surface area (Å²) in [5, 5.41) is 7.83. The SMILES string of the molecule is Cc1cccc(C2(C(=N)N)CCCC2)c1.Cl. The second kappa shape index (κ2) is 4.88. The van der Waals surface area contributed by atoms with Crippen molar-refractivity contribution in [2.45, 2.75) is 38.0 Å². The highest BCUT2D eigenvalue weighted by Crippen LogP contribution is 2.41. The highest BCUT2D eigenvalue weighted by atomic mass is 35.5. The van der Waals surface area contributed by atoms with Crippen molar-refractivity contribution >= 4 is 18.2 Å². The van der Waals surface area contributed by atoms with Crippen LogP contribution in [0.2, 0.25) is 0 Å². The van der Waals surface area contributed by atoms with Crippen LogP contribution in [0, 0.1) is 12.3 Å². The van der Waals surface area contributed by atoms with Crippen molar-refractivity contribution in [3.8, 4) is 0 Å². The molecule has 88 valence electrons. The highest BCUT2D eigenvalue weighted by molar-refractivity contribution is 5.89. The Morgan fingerprint density at radius 2 is 1.94 bits per heavy atom. The summed E-state index contributed by atoms with van der Waals surface area (Å²) in [6.07, 6.45) is 4.44. The third kappa shape index (κ3) is 2.07. The first-order valence-electron chi connectivity index (χ1n) is 5.57. The molecule has 0 atom stereocenters. The molecule has 0 unspecified atom stereocenters. The van der Waals surface area contributed by atoms with Crippen molar-refractivity contribution in [2.24, 2.45) is 5.73 Å². The molecule has 0 aromatic heterocycles. The Balaban J connectivity index is 0.00000128. The zero-order valence-corrected chi connectivity index (χ0v) is 10.4. The molecule has 1 fully saturated rings. The van der Waals surface area contributed by atoms with Gasteiger partial charge in [0.05, 0.1) is 5.41 Å². The van der Waals surface area contributed by atoms with Gasteiger partial charge in [0, 0.05) is 0 Å². The molecule has 1 aliphatic carbocycles. The first-order valence-corrected chi connectivity index (χ1v) is 5.57. The molecule has 2 nitrogen and oxygen atoms in total. The number of hydrogen-bond donors (Lipinski definition) is 2. The van der Waals surface area contributed by atoms with Crippen molar-refractivity contribution in [3.63, 3.8) is 0 Å². The number of rotatable bonds is 2. The minimum absolute atomic E-state index is 0. The molecule has 3 heteroatoms. The maximum atomic E-state index is 7.83. The molecule has 1 saturated carbocycles. The Morgan fingerprint density at radius 3 is 2.44 bits per heavy atom. The molecular formula is C13H19ClN2. The van der Waals surface area contributed by atoms with Crippen LogP contribution in [0.4, 0.5) is 0 Å². The lowest BCUT2D eigenvalue weighted by Gasteiger charge is -2.28. The Kier molecular flexibility index (Phi) is 3.98. The van der Waals surface area contributed by atoms with Gasteiger partial charge in [0.2, 0.25) is 0 Å². The number of nitrogens with two attached hydrogens (primary N) is 1. The lowest BCUT2D eigenvalue weighted by molar-refractivity contribution is 0.589. The maximum absolute atomic E-state index is 7.83. The number of nitrogens with one attached hydrogen (secondary N) is 1. The van der Waals surface area contributed by atoms with E-state index in [1.807, 2.05) is 0 Å². The second-order valence-electron chi connectivity index (χ2n) is 4.57. The van der Waals surface area contributed by atoms with Crippen LogP contribution in [0.25, 0.3) is 0 Å². The van der Waals surface area contributed by atoms with E-state index in [0.29, 0.717) is 5.84 Å². The molecule has 3 N–H and O–H groups in total. The van der Waals surface area contributed by atoms with Gasteiger partial charge < -0.3 is 5.73 Å². The van der Waals surface area contributed by atoms with Crippen molar-refractivity contribution in [3.05, 3.63) is 35.4 Å². The molecule has 0 heterocycles. The van der Waals surface area contributed by atoms with E-state index in [-0.39, 0.29) is 17.8 Å². The van der Waals surface area contributed by atoms with Crippen LogP contribution in [0.1, 0.15) is 36.8 Å². The van der Waals surface area contributed by atoms with Crippen LogP contribution >= 0.6 is 12.4 Å². The largest absolute Gasteiger partial charge is 0.387 e. The molecular weight excluding hydrogens is 220 g/mol. The molecule has 1 aromatic carbocycles. The van der Waals surface area contributed by atoms with Crippen LogP contribution in [0.3, 0.4) is 0 Å². The van der Waals surface area contributed by atoms with Gasteiger partial charge in [-0.3, -0.25) is 5.41 Å². The summed E-state index contributed by atoms with van der Waals surface area (Å²) in [4.78, 5) is 0. The maximum Gasteiger partial charge on any atom is 0.101 e. The zero-order chi connectivity index (χ0) is 10.9. The summed E-state index contributed by atoms with van der Waals surface area (Å²) in [5.41, 5.74) is 8.12. The zero-order valence-electron chi connectivity index (χ0n) is 9.62. The molecule has 16 heavy (non-hydrogen) atoms. The van der Waals surface area contributed by atoms with Gasteiger partial charge in [-0.05, 0) is 25.3 Å². The van der Waals surface area contributed by atoms with Gasteiger partial charge in [-0.25, -0.2) is 0 Å². The fourth-order valence-corrected chi connectivity index (χ4v) is 2.63. The van der Waals surface area contributed by atoms with Crippen LogP contribution in [-0.4, -0.2) is 5.84 Å². The molecule has 0 aliphatic heterocycles. The minimum Gasteiger partial charge on any atom is -0.387 e. The van der Waals surface area contributed by atoms with Gasteiger partial charge >= 0.3 is 0 Å². The first kappa shape index (κ1) is 13.0. The van der Waals surface area contributed by atoms with Crippen molar-refractivity contribution in [2.75, 3.05) is 0 Å². The van der Waals surface area contributed by atoms with E-state index in [1.165, 1.54) is 24.0 Å². The Labute approximate surface area is 103 Å². The van der Waals surface area contributed by atoms with E-state index in [0.717, 1.165) is 12.8 Å². The monoisotopic (exact) mass is 238 g/mol. The quantitative estimate of drug-likeness (QED) is 0.604. The minimum atomic E-state index is -0.161. The number of benzene rings is 1. The van der Waals surface area contributed by atoms with Crippen LogP contribution in [0.15, 0.2) is 24.3 Å². The van der Waals surface area contributed by atoms with Gasteiger partial charge in [-0.15, -0.1) is 12.4 Å². The molecule has 0 spiro atoms. The van der Waals surface area contributed by atoms with Gasteiger partial charge in [-0.2, -0.15) is 0 Å². The summed E-state index contributed by atoms with van der Waals surface area (Å²) in [6.45, 7) is 2.09. The Hall–Kier alpha value is -1.02. The predicted molar refractivity (Wildman–Crippen MR) is 70.5 cm³/mol. The standard InChI is InChI=1S/C13H18N2.ClH/c1-10-5-4-6-11(9-10)13(12(14)15)7-2-3-8-13;/h4-6,9H,2-3,7-8H2,1H3,(H3,14,15);1H. The number of hydrogen-bond acceptors (Lipinski definition) is 1. The summed E-state index contributed by atoms with van der Waals surface area (Å²) >= 11 is 0. The van der Waals surface area contributed by atoms with Gasteiger partial charge in [0.15, 0.2) is 0 Å². The lowest BCUT2D eigenvalue weighted by atomic mass is 9.77. The second-order valence-corrected chi connectivity index (χ2v) is 4.57. The third-order valence-electron chi connectivity index (χ3n) is 3.54. The Bertz CT molecular complexity index is 381. The van der Waals surface area contributed by atoms with Crippen molar-refractivity contribution in [1.82, 2.24) is 0 Å². The average molecular weight is 239 g/mol. The highest BCUT2D eigenvalue weighted by Gasteiger charge is 2.38. The first-order chi connectivity index (χ1) is 7.15. The van der Waals surface area contributed by atoms with Crippen LogP contribution in [-0.2, 0) is 5.41 Å². The van der Waals surface area contributed by atoms with Crippen molar-refractivity contribution < 1.29 is 0 Å². The van der Waals surface area contributed by atoms with Gasteiger partial charge in [0.25, 0.3) is 0 Å². The molecule has 2 rings (SSSR count). The summed E-state index contributed by atoms with van der Waals surface area (Å²) in [7, 11) is 0. The average Bonchev–Trinajstić information content (AvgIpc) is 2.67. The van der Waals surface area contributed by atoms with Crippen molar-refractivity contribution in [1.29, 1.82) is 5.41 Å². The number of halogens is 1. The van der Waals surface area contributed by atoms with E-state index in [9.17, 15) is 0 Å². The predicted octanol–water partition coefficient (Wildman–Crippen LogP) is 3.16. The van der Waals surface area contributed by atoms with E-state index in [4.69, 9.17) is 11.1 Å². The summed E-state index contributed by atoms with van der Waals surface area (Å²) in [5.74, 6) is 0.339. The summed E-state index contributed by atoms with van der Waals surface area (Å²) < 4.78 is 0. The van der Waals surface area contributed by atoms with Crippen LogP contribution in [0.5, 0.6) is 0 Å². The van der Waals surface area contributed by atoms with E-state index in [1.54, 1.807) is 0 Å². The van der Waals surface area contributed by atoms with Gasteiger partial charge in [-0.1, -0.05) is 42.7 Å². The number of amidine groups is 1. The van der Waals surface area contributed by atoms with E-state index >= 15 is 0 Å².